The molecule has 0 bridgehead atoms. The first kappa shape index (κ1) is 15.5. The van der Waals surface area contributed by atoms with Crippen molar-refractivity contribution in [1.29, 1.82) is 0 Å². The zero-order valence-corrected chi connectivity index (χ0v) is 12.8. The molecule has 2 amide bonds. The Morgan fingerprint density at radius 3 is 2.96 bits per heavy atom. The van der Waals surface area contributed by atoms with Crippen LogP contribution < -0.4 is 10.2 Å². The van der Waals surface area contributed by atoms with E-state index in [9.17, 15) is 14.0 Å². The predicted octanol–water partition coefficient (Wildman–Crippen LogP) is 2.13. The highest BCUT2D eigenvalue weighted by atomic mass is 19.1. The number of hydrogen-bond acceptors (Lipinski definition) is 3. The minimum Gasteiger partial charge on any atom is -0.488 e. The SMILES string of the molecule is O=C(NC1CCCN(c2cccc(F)c2)C1=O)C1=CCCCO1. The summed E-state index contributed by atoms with van der Waals surface area (Å²) >= 11 is 0. The number of carbonyl (C=O) groups is 2. The lowest BCUT2D eigenvalue weighted by molar-refractivity contribution is -0.128. The van der Waals surface area contributed by atoms with Gasteiger partial charge >= 0.3 is 0 Å². The Kier molecular flexibility index (Phi) is 4.60. The lowest BCUT2D eigenvalue weighted by Crippen LogP contribution is -2.53. The van der Waals surface area contributed by atoms with E-state index in [2.05, 4.69) is 5.32 Å². The molecule has 0 aromatic heterocycles. The van der Waals surface area contributed by atoms with Gasteiger partial charge in [0, 0.05) is 12.2 Å². The molecule has 122 valence electrons. The number of allylic oxidation sites excluding steroid dienone is 1. The lowest BCUT2D eigenvalue weighted by atomic mass is 10.0. The Balaban J connectivity index is 1.70. The summed E-state index contributed by atoms with van der Waals surface area (Å²) < 4.78 is 18.7. The van der Waals surface area contributed by atoms with Crippen LogP contribution in [0.5, 0.6) is 0 Å². The van der Waals surface area contributed by atoms with Crippen molar-refractivity contribution in [3.8, 4) is 0 Å². The van der Waals surface area contributed by atoms with Crippen molar-refractivity contribution < 1.29 is 18.7 Å². The van der Waals surface area contributed by atoms with E-state index in [1.807, 2.05) is 0 Å². The van der Waals surface area contributed by atoms with Crippen LogP contribution in [0.2, 0.25) is 0 Å². The summed E-state index contributed by atoms with van der Waals surface area (Å²) in [6, 6.07) is 5.32. The highest BCUT2D eigenvalue weighted by Crippen LogP contribution is 2.22. The molecule has 5 nitrogen and oxygen atoms in total. The zero-order valence-electron chi connectivity index (χ0n) is 12.8. The molecule has 1 fully saturated rings. The van der Waals surface area contributed by atoms with Crippen molar-refractivity contribution in [2.45, 2.75) is 31.7 Å². The molecule has 1 unspecified atom stereocenters. The fourth-order valence-corrected chi connectivity index (χ4v) is 2.85. The second kappa shape index (κ2) is 6.81. The minimum atomic E-state index is -0.606. The number of carbonyl (C=O) groups excluding carboxylic acids is 2. The lowest BCUT2D eigenvalue weighted by Gasteiger charge is -2.33. The first-order chi connectivity index (χ1) is 11.1. The van der Waals surface area contributed by atoms with Crippen molar-refractivity contribution in [3.05, 3.63) is 41.9 Å². The van der Waals surface area contributed by atoms with Crippen LogP contribution >= 0.6 is 0 Å². The van der Waals surface area contributed by atoms with Gasteiger partial charge in [-0.3, -0.25) is 9.59 Å². The standard InChI is InChI=1S/C17H19FN2O3/c18-12-5-3-6-13(11-12)20-9-4-7-14(17(20)22)19-16(21)15-8-1-2-10-23-15/h3,5-6,8,11,14H,1-2,4,7,9-10H2,(H,19,21). The number of anilines is 1. The van der Waals surface area contributed by atoms with Crippen molar-refractivity contribution in [1.82, 2.24) is 5.32 Å². The number of ether oxygens (including phenoxy) is 1. The Hall–Kier alpha value is -2.37. The van der Waals surface area contributed by atoms with E-state index >= 15 is 0 Å². The van der Waals surface area contributed by atoms with Gasteiger partial charge in [0.1, 0.15) is 11.9 Å². The van der Waals surface area contributed by atoms with Crippen molar-refractivity contribution in [2.24, 2.45) is 0 Å². The summed E-state index contributed by atoms with van der Waals surface area (Å²) in [5.74, 6) is -0.676. The van der Waals surface area contributed by atoms with Gasteiger partial charge in [0.25, 0.3) is 5.91 Å². The molecule has 2 aliphatic rings. The van der Waals surface area contributed by atoms with Crippen LogP contribution in [0, 0.1) is 5.82 Å². The molecule has 23 heavy (non-hydrogen) atoms. The van der Waals surface area contributed by atoms with Crippen molar-refractivity contribution in [3.63, 3.8) is 0 Å². The van der Waals surface area contributed by atoms with Gasteiger partial charge in [-0.1, -0.05) is 6.07 Å². The molecule has 1 aromatic rings. The fourth-order valence-electron chi connectivity index (χ4n) is 2.85. The topological polar surface area (TPSA) is 58.6 Å². The number of hydrogen-bond donors (Lipinski definition) is 1. The van der Waals surface area contributed by atoms with Crippen LogP contribution in [-0.2, 0) is 14.3 Å². The van der Waals surface area contributed by atoms with Crippen molar-refractivity contribution >= 4 is 17.5 Å². The highest BCUT2D eigenvalue weighted by Gasteiger charge is 2.32. The molecule has 2 aliphatic heterocycles. The summed E-state index contributed by atoms with van der Waals surface area (Å²) in [4.78, 5) is 26.3. The molecular formula is C17H19FN2O3. The summed E-state index contributed by atoms with van der Waals surface area (Å²) in [5.41, 5.74) is 0.516. The summed E-state index contributed by atoms with van der Waals surface area (Å²) in [6.07, 6.45) is 4.76. The first-order valence-electron chi connectivity index (χ1n) is 7.86. The summed E-state index contributed by atoms with van der Waals surface area (Å²) in [5, 5.41) is 2.74. The van der Waals surface area contributed by atoms with Crippen LogP contribution in [0.25, 0.3) is 0 Å². The third-order valence-corrected chi connectivity index (χ3v) is 4.02. The zero-order chi connectivity index (χ0) is 16.2. The first-order valence-corrected chi connectivity index (χ1v) is 7.86. The highest BCUT2D eigenvalue weighted by molar-refractivity contribution is 6.02. The maximum absolute atomic E-state index is 13.4. The summed E-state index contributed by atoms with van der Waals surface area (Å²) in [6.45, 7) is 1.04. The van der Waals surface area contributed by atoms with Gasteiger partial charge in [0.05, 0.1) is 6.61 Å². The molecule has 1 saturated heterocycles. The fraction of sp³-hybridized carbons (Fsp3) is 0.412. The van der Waals surface area contributed by atoms with Crippen molar-refractivity contribution in [2.75, 3.05) is 18.1 Å². The monoisotopic (exact) mass is 318 g/mol. The maximum atomic E-state index is 13.4. The number of halogens is 1. The summed E-state index contributed by atoms with van der Waals surface area (Å²) in [7, 11) is 0. The van der Waals surface area contributed by atoms with Crippen LogP contribution in [0.15, 0.2) is 36.1 Å². The van der Waals surface area contributed by atoms with Gasteiger partial charge in [-0.2, -0.15) is 0 Å². The second-order valence-corrected chi connectivity index (χ2v) is 5.70. The van der Waals surface area contributed by atoms with E-state index in [-0.39, 0.29) is 23.4 Å². The largest absolute Gasteiger partial charge is 0.488 e. The number of rotatable bonds is 3. The Labute approximate surface area is 134 Å². The smallest absolute Gasteiger partial charge is 0.286 e. The van der Waals surface area contributed by atoms with Gasteiger partial charge < -0.3 is 15.0 Å². The van der Waals surface area contributed by atoms with Crippen LogP contribution in [0.4, 0.5) is 10.1 Å². The van der Waals surface area contributed by atoms with E-state index < -0.39 is 6.04 Å². The molecule has 1 aromatic carbocycles. The predicted molar refractivity (Wildman–Crippen MR) is 83.2 cm³/mol. The quantitative estimate of drug-likeness (QED) is 0.929. The van der Waals surface area contributed by atoms with Gasteiger partial charge in [-0.15, -0.1) is 0 Å². The normalized spacial score (nSPS) is 21.4. The van der Waals surface area contributed by atoms with Crippen LogP contribution in [0.1, 0.15) is 25.7 Å². The molecule has 0 radical (unpaired) electrons. The molecule has 6 heteroatoms. The minimum absolute atomic E-state index is 0.216. The Morgan fingerprint density at radius 1 is 1.35 bits per heavy atom. The molecule has 1 N–H and O–H groups in total. The van der Waals surface area contributed by atoms with Gasteiger partial charge in [-0.05, 0) is 50.0 Å². The van der Waals surface area contributed by atoms with E-state index in [4.69, 9.17) is 4.74 Å². The average molecular weight is 318 g/mol. The number of piperidine rings is 1. The Bertz CT molecular complexity index is 644. The van der Waals surface area contributed by atoms with E-state index in [0.29, 0.717) is 25.3 Å². The van der Waals surface area contributed by atoms with E-state index in [1.54, 1.807) is 18.2 Å². The second-order valence-electron chi connectivity index (χ2n) is 5.70. The molecule has 0 spiro atoms. The number of amides is 2. The molecule has 0 saturated carbocycles. The van der Waals surface area contributed by atoms with Gasteiger partial charge in [-0.25, -0.2) is 4.39 Å². The van der Waals surface area contributed by atoms with E-state index in [0.717, 1.165) is 19.3 Å². The molecule has 2 heterocycles. The number of nitrogens with one attached hydrogen (secondary N) is 1. The molecule has 3 rings (SSSR count). The number of benzene rings is 1. The third-order valence-electron chi connectivity index (χ3n) is 4.02. The molecule has 0 aliphatic carbocycles. The molecule has 1 atom stereocenters. The third kappa shape index (κ3) is 3.52. The average Bonchev–Trinajstić information content (AvgIpc) is 2.57. The van der Waals surface area contributed by atoms with Crippen LogP contribution in [-0.4, -0.2) is 31.0 Å². The molecular weight excluding hydrogens is 299 g/mol. The maximum Gasteiger partial charge on any atom is 0.286 e. The van der Waals surface area contributed by atoms with Gasteiger partial charge in [0.15, 0.2) is 5.76 Å². The number of nitrogens with zero attached hydrogens (tertiary/aromatic N) is 1. The van der Waals surface area contributed by atoms with E-state index in [1.165, 1.54) is 17.0 Å². The Morgan fingerprint density at radius 2 is 2.22 bits per heavy atom. The van der Waals surface area contributed by atoms with Gasteiger partial charge in [0.2, 0.25) is 5.91 Å². The van der Waals surface area contributed by atoms with Crippen LogP contribution in [0.3, 0.4) is 0 Å².